The van der Waals surface area contributed by atoms with Crippen molar-refractivity contribution in [2.45, 2.75) is 52.3 Å². The summed E-state index contributed by atoms with van der Waals surface area (Å²) in [5.74, 6) is 0.880. The molecular formula is C15H25NO2. The normalized spacial score (nSPS) is 15.2. The highest BCUT2D eigenvalue weighted by Crippen LogP contribution is 2.12. The van der Waals surface area contributed by atoms with Crippen LogP contribution in [-0.2, 0) is 0 Å². The van der Waals surface area contributed by atoms with E-state index >= 15 is 0 Å². The van der Waals surface area contributed by atoms with Crippen LogP contribution < -0.4 is 10.1 Å². The Morgan fingerprint density at radius 1 is 1.22 bits per heavy atom. The average Bonchev–Trinajstić information content (AvgIpc) is 2.27. The predicted octanol–water partition coefficient (Wildman–Crippen LogP) is 2.51. The van der Waals surface area contributed by atoms with Crippen molar-refractivity contribution in [1.29, 1.82) is 0 Å². The van der Waals surface area contributed by atoms with Crippen molar-refractivity contribution < 1.29 is 9.84 Å². The number of rotatable bonds is 6. The molecule has 0 aliphatic carbocycles. The Kier molecular flexibility index (Phi) is 5.17. The van der Waals surface area contributed by atoms with E-state index in [4.69, 9.17) is 4.74 Å². The fourth-order valence-corrected chi connectivity index (χ4v) is 1.53. The third-order valence-corrected chi connectivity index (χ3v) is 3.12. The van der Waals surface area contributed by atoms with Gasteiger partial charge in [-0.05, 0) is 46.8 Å². The monoisotopic (exact) mass is 251 g/mol. The molecule has 0 radical (unpaired) electrons. The maximum Gasteiger partial charge on any atom is 0.119 e. The highest BCUT2D eigenvalue weighted by atomic mass is 16.5. The van der Waals surface area contributed by atoms with Crippen molar-refractivity contribution in [3.8, 4) is 5.75 Å². The third kappa shape index (κ3) is 5.07. The van der Waals surface area contributed by atoms with Gasteiger partial charge in [-0.1, -0.05) is 17.7 Å². The molecule has 2 unspecified atom stereocenters. The summed E-state index contributed by atoms with van der Waals surface area (Å²) in [6.07, 6.45) is 0. The summed E-state index contributed by atoms with van der Waals surface area (Å²) >= 11 is 0. The molecular weight excluding hydrogens is 226 g/mol. The van der Waals surface area contributed by atoms with Crippen LogP contribution in [0.2, 0.25) is 0 Å². The number of nitrogens with one attached hydrogen (secondary N) is 1. The zero-order valence-electron chi connectivity index (χ0n) is 12.0. The molecule has 3 heteroatoms. The van der Waals surface area contributed by atoms with E-state index < -0.39 is 5.60 Å². The lowest BCUT2D eigenvalue weighted by molar-refractivity contribution is 0.0381. The standard InChI is InChI=1S/C15H25NO2/c1-11-6-8-14(9-7-11)18-10-12(2)16-13(3)15(4,5)17/h6-9,12-13,16-17H,10H2,1-5H3. The van der Waals surface area contributed by atoms with Crippen molar-refractivity contribution in [1.82, 2.24) is 5.32 Å². The lowest BCUT2D eigenvalue weighted by atomic mass is 10.0. The summed E-state index contributed by atoms with van der Waals surface area (Å²) in [4.78, 5) is 0. The highest BCUT2D eigenvalue weighted by molar-refractivity contribution is 5.26. The van der Waals surface area contributed by atoms with Crippen molar-refractivity contribution in [2.75, 3.05) is 6.61 Å². The first-order chi connectivity index (χ1) is 8.29. The van der Waals surface area contributed by atoms with Crippen LogP contribution in [0, 0.1) is 6.92 Å². The summed E-state index contributed by atoms with van der Waals surface area (Å²) in [5.41, 5.74) is 0.502. The molecule has 1 rings (SSSR count). The smallest absolute Gasteiger partial charge is 0.119 e. The van der Waals surface area contributed by atoms with Crippen LogP contribution in [-0.4, -0.2) is 29.4 Å². The van der Waals surface area contributed by atoms with Gasteiger partial charge in [0.25, 0.3) is 0 Å². The predicted molar refractivity (Wildman–Crippen MR) is 75.0 cm³/mol. The van der Waals surface area contributed by atoms with Gasteiger partial charge in [0, 0.05) is 12.1 Å². The van der Waals surface area contributed by atoms with Gasteiger partial charge in [-0.3, -0.25) is 0 Å². The van der Waals surface area contributed by atoms with Gasteiger partial charge in [0.15, 0.2) is 0 Å². The molecule has 1 aromatic carbocycles. The molecule has 2 atom stereocenters. The zero-order chi connectivity index (χ0) is 13.8. The van der Waals surface area contributed by atoms with Crippen LogP contribution in [0.4, 0.5) is 0 Å². The maximum atomic E-state index is 9.85. The van der Waals surface area contributed by atoms with Gasteiger partial charge < -0.3 is 15.2 Å². The number of hydrogen-bond donors (Lipinski definition) is 2. The molecule has 0 fully saturated rings. The number of aliphatic hydroxyl groups is 1. The Hall–Kier alpha value is -1.06. The lowest BCUT2D eigenvalue weighted by Crippen LogP contribution is -2.49. The Labute approximate surface area is 110 Å². The first kappa shape index (κ1) is 15.0. The Balaban J connectivity index is 2.37. The molecule has 2 N–H and O–H groups in total. The van der Waals surface area contributed by atoms with E-state index in [2.05, 4.69) is 19.2 Å². The van der Waals surface area contributed by atoms with Gasteiger partial charge in [-0.25, -0.2) is 0 Å². The molecule has 102 valence electrons. The van der Waals surface area contributed by atoms with Crippen LogP contribution >= 0.6 is 0 Å². The quantitative estimate of drug-likeness (QED) is 0.816. The second-order valence-electron chi connectivity index (χ2n) is 5.57. The molecule has 0 saturated carbocycles. The van der Waals surface area contributed by atoms with Crippen LogP contribution in [0.3, 0.4) is 0 Å². The Morgan fingerprint density at radius 3 is 2.28 bits per heavy atom. The van der Waals surface area contributed by atoms with Gasteiger partial charge in [0.1, 0.15) is 12.4 Å². The largest absolute Gasteiger partial charge is 0.492 e. The molecule has 18 heavy (non-hydrogen) atoms. The molecule has 0 spiro atoms. The van der Waals surface area contributed by atoms with E-state index in [1.54, 1.807) is 13.8 Å². The van der Waals surface area contributed by atoms with Gasteiger partial charge in [0.2, 0.25) is 0 Å². The van der Waals surface area contributed by atoms with Gasteiger partial charge >= 0.3 is 0 Å². The molecule has 0 bridgehead atoms. The SMILES string of the molecule is Cc1ccc(OCC(C)NC(C)C(C)(C)O)cc1. The second-order valence-corrected chi connectivity index (χ2v) is 5.57. The van der Waals surface area contributed by atoms with Crippen LogP contribution in [0.5, 0.6) is 5.75 Å². The molecule has 3 nitrogen and oxygen atoms in total. The van der Waals surface area contributed by atoms with Crippen molar-refractivity contribution in [3.63, 3.8) is 0 Å². The first-order valence-corrected chi connectivity index (χ1v) is 6.47. The van der Waals surface area contributed by atoms with Gasteiger partial charge in [-0.15, -0.1) is 0 Å². The van der Waals surface area contributed by atoms with Crippen LogP contribution in [0.15, 0.2) is 24.3 Å². The Bertz CT molecular complexity index is 354. The van der Waals surface area contributed by atoms with Gasteiger partial charge in [0.05, 0.1) is 5.60 Å². The van der Waals surface area contributed by atoms with E-state index in [1.807, 2.05) is 31.2 Å². The molecule has 0 amide bonds. The summed E-state index contributed by atoms with van der Waals surface area (Å²) in [7, 11) is 0. The van der Waals surface area contributed by atoms with Crippen molar-refractivity contribution >= 4 is 0 Å². The third-order valence-electron chi connectivity index (χ3n) is 3.12. The number of ether oxygens (including phenoxy) is 1. The fraction of sp³-hybridized carbons (Fsp3) is 0.600. The number of hydrogen-bond acceptors (Lipinski definition) is 3. The maximum absolute atomic E-state index is 9.85. The molecule has 1 aromatic rings. The first-order valence-electron chi connectivity index (χ1n) is 6.47. The molecule has 0 aromatic heterocycles. The zero-order valence-corrected chi connectivity index (χ0v) is 12.0. The average molecular weight is 251 g/mol. The van der Waals surface area contributed by atoms with Gasteiger partial charge in [-0.2, -0.15) is 0 Å². The highest BCUT2D eigenvalue weighted by Gasteiger charge is 2.23. The summed E-state index contributed by atoms with van der Waals surface area (Å²) in [6, 6.07) is 8.23. The van der Waals surface area contributed by atoms with Crippen LogP contribution in [0.25, 0.3) is 0 Å². The molecule has 0 aliphatic rings. The Morgan fingerprint density at radius 2 is 1.78 bits per heavy atom. The van der Waals surface area contributed by atoms with E-state index in [0.717, 1.165) is 5.75 Å². The summed E-state index contributed by atoms with van der Waals surface area (Å²) in [6.45, 7) is 10.3. The van der Waals surface area contributed by atoms with E-state index in [0.29, 0.717) is 6.61 Å². The molecule has 0 saturated heterocycles. The van der Waals surface area contributed by atoms with Crippen molar-refractivity contribution in [2.24, 2.45) is 0 Å². The van der Waals surface area contributed by atoms with E-state index in [9.17, 15) is 5.11 Å². The van der Waals surface area contributed by atoms with E-state index in [-0.39, 0.29) is 12.1 Å². The van der Waals surface area contributed by atoms with Crippen molar-refractivity contribution in [3.05, 3.63) is 29.8 Å². The minimum Gasteiger partial charge on any atom is -0.492 e. The number of aryl methyl sites for hydroxylation is 1. The minimum absolute atomic E-state index is 0.0223. The topological polar surface area (TPSA) is 41.5 Å². The second kappa shape index (κ2) is 6.21. The molecule has 0 heterocycles. The van der Waals surface area contributed by atoms with E-state index in [1.165, 1.54) is 5.56 Å². The lowest BCUT2D eigenvalue weighted by Gasteiger charge is -2.29. The summed E-state index contributed by atoms with van der Waals surface area (Å²) in [5, 5.41) is 13.2. The number of benzene rings is 1. The van der Waals surface area contributed by atoms with Crippen LogP contribution in [0.1, 0.15) is 33.3 Å². The summed E-state index contributed by atoms with van der Waals surface area (Å²) < 4.78 is 5.69. The molecule has 0 aliphatic heterocycles. The fourth-order valence-electron chi connectivity index (χ4n) is 1.53. The minimum atomic E-state index is -0.724.